The van der Waals surface area contributed by atoms with E-state index < -0.39 is 0 Å². The number of H-pyrrole nitrogens is 2. The summed E-state index contributed by atoms with van der Waals surface area (Å²) in [4.78, 5) is 15.3. The molecular weight excluding hydrogens is 346 g/mol. The van der Waals surface area contributed by atoms with Gasteiger partial charge in [-0.2, -0.15) is 5.10 Å². The Labute approximate surface area is 135 Å². The molecule has 6 heteroatoms. The number of nitrogens with one attached hydrogen (secondary N) is 2. The SMILES string of the molecule is Cc1[nH]nc2c1c(=O)[nH]c1cc(C3CCCCO3)c(Br)cc12. The van der Waals surface area contributed by atoms with Crippen molar-refractivity contribution >= 4 is 37.7 Å². The monoisotopic (exact) mass is 361 g/mol. The van der Waals surface area contributed by atoms with E-state index in [1.165, 1.54) is 6.42 Å². The van der Waals surface area contributed by atoms with E-state index in [1.807, 2.05) is 19.1 Å². The molecule has 1 unspecified atom stereocenters. The average molecular weight is 362 g/mol. The summed E-state index contributed by atoms with van der Waals surface area (Å²) in [7, 11) is 0. The second-order valence-electron chi connectivity index (χ2n) is 5.80. The van der Waals surface area contributed by atoms with E-state index in [1.54, 1.807) is 0 Å². The Kier molecular flexibility index (Phi) is 3.31. The molecule has 1 aliphatic rings. The maximum atomic E-state index is 12.3. The van der Waals surface area contributed by atoms with Crippen molar-refractivity contribution in [2.24, 2.45) is 0 Å². The largest absolute Gasteiger partial charge is 0.373 e. The lowest BCUT2D eigenvalue weighted by molar-refractivity contribution is 0.0146. The molecule has 114 valence electrons. The van der Waals surface area contributed by atoms with Crippen LogP contribution in [0.15, 0.2) is 21.4 Å². The lowest BCUT2D eigenvalue weighted by atomic mass is 9.99. The number of rotatable bonds is 1. The topological polar surface area (TPSA) is 70.8 Å². The molecule has 0 bridgehead atoms. The van der Waals surface area contributed by atoms with Crippen molar-refractivity contribution in [3.63, 3.8) is 0 Å². The smallest absolute Gasteiger partial charge is 0.259 e. The van der Waals surface area contributed by atoms with E-state index in [9.17, 15) is 4.79 Å². The Bertz CT molecular complexity index is 922. The molecule has 3 heterocycles. The summed E-state index contributed by atoms with van der Waals surface area (Å²) in [5.41, 5.74) is 3.29. The number of pyridine rings is 1. The summed E-state index contributed by atoms with van der Waals surface area (Å²) >= 11 is 3.65. The Balaban J connectivity index is 1.97. The Morgan fingerprint density at radius 3 is 3.00 bits per heavy atom. The maximum Gasteiger partial charge on any atom is 0.259 e. The molecule has 2 N–H and O–H groups in total. The van der Waals surface area contributed by atoms with Crippen LogP contribution in [0.5, 0.6) is 0 Å². The third kappa shape index (κ3) is 2.09. The number of benzene rings is 1. The fraction of sp³-hybridized carbons (Fsp3) is 0.375. The molecule has 1 fully saturated rings. The van der Waals surface area contributed by atoms with Gasteiger partial charge in [-0.05, 0) is 43.9 Å². The number of aromatic amines is 2. The van der Waals surface area contributed by atoms with Crippen LogP contribution in [0.4, 0.5) is 0 Å². The molecule has 3 aromatic rings. The first-order chi connectivity index (χ1) is 10.6. The number of hydrogen-bond donors (Lipinski definition) is 2. The van der Waals surface area contributed by atoms with Crippen LogP contribution in [0, 0.1) is 6.92 Å². The highest BCUT2D eigenvalue weighted by atomic mass is 79.9. The van der Waals surface area contributed by atoms with E-state index in [-0.39, 0.29) is 11.7 Å². The van der Waals surface area contributed by atoms with Gasteiger partial charge in [0.2, 0.25) is 0 Å². The second kappa shape index (κ2) is 5.21. The summed E-state index contributed by atoms with van der Waals surface area (Å²) in [5.74, 6) is 0. The molecule has 0 amide bonds. The first-order valence-electron chi connectivity index (χ1n) is 7.47. The molecule has 1 atom stereocenters. The first kappa shape index (κ1) is 14.0. The highest BCUT2D eigenvalue weighted by Gasteiger charge is 2.20. The number of fused-ring (bicyclic) bond motifs is 3. The van der Waals surface area contributed by atoms with E-state index in [0.717, 1.165) is 46.1 Å². The normalized spacial score (nSPS) is 19.1. The van der Waals surface area contributed by atoms with Crippen LogP contribution in [0.25, 0.3) is 21.8 Å². The fourth-order valence-electron chi connectivity index (χ4n) is 3.21. The minimum Gasteiger partial charge on any atom is -0.373 e. The quantitative estimate of drug-likeness (QED) is 0.693. The van der Waals surface area contributed by atoms with E-state index in [2.05, 4.69) is 31.1 Å². The number of ether oxygens (including phenoxy) is 1. The van der Waals surface area contributed by atoms with Crippen molar-refractivity contribution in [3.05, 3.63) is 38.2 Å². The second-order valence-corrected chi connectivity index (χ2v) is 6.66. The van der Waals surface area contributed by atoms with E-state index in [4.69, 9.17) is 4.74 Å². The zero-order valence-corrected chi connectivity index (χ0v) is 13.8. The molecular formula is C16H16BrN3O2. The van der Waals surface area contributed by atoms with Gasteiger partial charge in [0.15, 0.2) is 0 Å². The van der Waals surface area contributed by atoms with Crippen LogP contribution in [0.2, 0.25) is 0 Å². The van der Waals surface area contributed by atoms with Gasteiger partial charge in [0, 0.05) is 22.2 Å². The highest BCUT2D eigenvalue weighted by Crippen LogP contribution is 2.36. The number of nitrogens with zero attached hydrogens (tertiary/aromatic N) is 1. The summed E-state index contributed by atoms with van der Waals surface area (Å²) in [6.07, 6.45) is 3.39. The average Bonchev–Trinajstić information content (AvgIpc) is 2.91. The van der Waals surface area contributed by atoms with E-state index in [0.29, 0.717) is 10.9 Å². The molecule has 1 aliphatic heterocycles. The Morgan fingerprint density at radius 1 is 1.36 bits per heavy atom. The molecule has 5 nitrogen and oxygen atoms in total. The van der Waals surface area contributed by atoms with Crippen molar-refractivity contribution in [2.75, 3.05) is 6.61 Å². The lowest BCUT2D eigenvalue weighted by Gasteiger charge is -2.24. The van der Waals surface area contributed by atoms with Gasteiger partial charge in [-0.3, -0.25) is 9.89 Å². The summed E-state index contributed by atoms with van der Waals surface area (Å²) < 4.78 is 6.87. The zero-order chi connectivity index (χ0) is 15.3. The first-order valence-corrected chi connectivity index (χ1v) is 8.26. The van der Waals surface area contributed by atoms with Crippen molar-refractivity contribution in [3.8, 4) is 0 Å². The van der Waals surface area contributed by atoms with Crippen molar-refractivity contribution in [2.45, 2.75) is 32.3 Å². The third-order valence-corrected chi connectivity index (χ3v) is 5.03. The zero-order valence-electron chi connectivity index (χ0n) is 12.2. The predicted molar refractivity (Wildman–Crippen MR) is 89.2 cm³/mol. The van der Waals surface area contributed by atoms with Gasteiger partial charge >= 0.3 is 0 Å². The molecule has 0 spiro atoms. The molecule has 4 rings (SSSR count). The van der Waals surface area contributed by atoms with Crippen LogP contribution in [0.1, 0.15) is 36.6 Å². The fourth-order valence-corrected chi connectivity index (χ4v) is 3.81. The molecule has 1 saturated heterocycles. The van der Waals surface area contributed by atoms with Crippen LogP contribution < -0.4 is 5.56 Å². The minimum atomic E-state index is -0.105. The van der Waals surface area contributed by atoms with Crippen molar-refractivity contribution in [1.29, 1.82) is 0 Å². The van der Waals surface area contributed by atoms with Gasteiger partial charge in [-0.15, -0.1) is 0 Å². The molecule has 1 aromatic carbocycles. The summed E-state index contributed by atoms with van der Waals surface area (Å²) in [5, 5.41) is 8.75. The predicted octanol–water partition coefficient (Wildman–Crippen LogP) is 3.72. The number of aromatic nitrogens is 3. The summed E-state index contributed by atoms with van der Waals surface area (Å²) in [6, 6.07) is 4.04. The van der Waals surface area contributed by atoms with Gasteiger partial charge in [0.1, 0.15) is 5.52 Å². The number of aryl methyl sites for hydroxylation is 1. The Morgan fingerprint density at radius 2 is 2.23 bits per heavy atom. The molecule has 2 aromatic heterocycles. The molecule has 0 saturated carbocycles. The van der Waals surface area contributed by atoms with Crippen LogP contribution in [0.3, 0.4) is 0 Å². The van der Waals surface area contributed by atoms with Crippen LogP contribution in [-0.4, -0.2) is 21.8 Å². The number of halogens is 1. The van der Waals surface area contributed by atoms with Crippen LogP contribution in [-0.2, 0) is 4.74 Å². The number of hydrogen-bond acceptors (Lipinski definition) is 3. The molecule has 0 aliphatic carbocycles. The standard InChI is InChI=1S/C16H16BrN3O2/c1-8-14-15(20-19-8)10-6-11(17)9(7-12(10)18-16(14)21)13-4-2-3-5-22-13/h6-7,13H,2-5H2,1H3,(H,18,21)(H,19,20). The van der Waals surface area contributed by atoms with Gasteiger partial charge < -0.3 is 9.72 Å². The van der Waals surface area contributed by atoms with Crippen molar-refractivity contribution in [1.82, 2.24) is 15.2 Å². The molecule has 22 heavy (non-hydrogen) atoms. The van der Waals surface area contributed by atoms with E-state index >= 15 is 0 Å². The van der Waals surface area contributed by atoms with Gasteiger partial charge in [0.25, 0.3) is 5.56 Å². The summed E-state index contributed by atoms with van der Waals surface area (Å²) in [6.45, 7) is 2.65. The van der Waals surface area contributed by atoms with Gasteiger partial charge in [0.05, 0.1) is 17.0 Å². The third-order valence-electron chi connectivity index (χ3n) is 4.34. The van der Waals surface area contributed by atoms with Crippen LogP contribution >= 0.6 is 15.9 Å². The minimum absolute atomic E-state index is 0.0904. The Hall–Kier alpha value is -1.66. The maximum absolute atomic E-state index is 12.3. The van der Waals surface area contributed by atoms with Gasteiger partial charge in [-0.1, -0.05) is 15.9 Å². The highest BCUT2D eigenvalue weighted by molar-refractivity contribution is 9.10. The van der Waals surface area contributed by atoms with Gasteiger partial charge in [-0.25, -0.2) is 0 Å². The molecule has 0 radical (unpaired) electrons. The van der Waals surface area contributed by atoms with Crippen molar-refractivity contribution < 1.29 is 4.74 Å². The lowest BCUT2D eigenvalue weighted by Crippen LogP contribution is -2.13.